The molecule has 5 nitrogen and oxygen atoms in total. The van der Waals surface area contributed by atoms with Gasteiger partial charge in [-0.25, -0.2) is 4.98 Å². The highest BCUT2D eigenvalue weighted by Gasteiger charge is 2.27. The van der Waals surface area contributed by atoms with Gasteiger partial charge in [0.15, 0.2) is 5.96 Å². The zero-order chi connectivity index (χ0) is 17.6. The van der Waals surface area contributed by atoms with Gasteiger partial charge in [-0.15, -0.1) is 35.3 Å². The highest BCUT2D eigenvalue weighted by Crippen LogP contribution is 2.24. The summed E-state index contributed by atoms with van der Waals surface area (Å²) in [7, 11) is 1.83. The molecule has 2 unspecified atom stereocenters. The maximum atomic E-state index is 4.36. The van der Waals surface area contributed by atoms with Crippen LogP contribution < -0.4 is 10.6 Å². The average molecular weight is 485 g/mol. The van der Waals surface area contributed by atoms with Crippen molar-refractivity contribution in [1.29, 1.82) is 0 Å². The lowest BCUT2D eigenvalue weighted by Gasteiger charge is -2.25. The van der Waals surface area contributed by atoms with Gasteiger partial charge in [0.25, 0.3) is 0 Å². The van der Waals surface area contributed by atoms with Crippen LogP contribution in [0.25, 0.3) is 0 Å². The minimum Gasteiger partial charge on any atom is -0.352 e. The van der Waals surface area contributed by atoms with Crippen molar-refractivity contribution in [2.24, 2.45) is 4.99 Å². The smallest absolute Gasteiger partial charge is 0.191 e. The third kappa shape index (κ3) is 5.65. The van der Waals surface area contributed by atoms with E-state index in [0.29, 0.717) is 12.1 Å². The van der Waals surface area contributed by atoms with Crippen molar-refractivity contribution >= 4 is 41.3 Å². The molecular formula is C19H28IN5S. The maximum Gasteiger partial charge on any atom is 0.191 e. The molecule has 1 saturated heterocycles. The lowest BCUT2D eigenvalue weighted by atomic mass is 10.1. The summed E-state index contributed by atoms with van der Waals surface area (Å²) in [6, 6.07) is 11.6. The van der Waals surface area contributed by atoms with Gasteiger partial charge in [0.1, 0.15) is 0 Å². The molecule has 26 heavy (non-hydrogen) atoms. The number of nitrogens with one attached hydrogen (secondary N) is 2. The van der Waals surface area contributed by atoms with Crippen molar-refractivity contribution in [3.63, 3.8) is 0 Å². The van der Waals surface area contributed by atoms with E-state index in [1.165, 1.54) is 10.4 Å². The number of aromatic nitrogens is 1. The molecule has 2 aromatic rings. The highest BCUT2D eigenvalue weighted by molar-refractivity contribution is 14.0. The van der Waals surface area contributed by atoms with Gasteiger partial charge in [-0.05, 0) is 25.8 Å². The predicted octanol–water partition coefficient (Wildman–Crippen LogP) is 3.57. The lowest BCUT2D eigenvalue weighted by molar-refractivity contribution is 0.258. The van der Waals surface area contributed by atoms with Crippen LogP contribution in [0.5, 0.6) is 0 Å². The maximum absolute atomic E-state index is 4.36. The summed E-state index contributed by atoms with van der Waals surface area (Å²) in [5, 5.41) is 8.05. The molecule has 0 spiro atoms. The fraction of sp³-hybridized carbons (Fsp3) is 0.474. The number of aryl methyl sites for hydroxylation is 1. The van der Waals surface area contributed by atoms with Crippen molar-refractivity contribution < 1.29 is 0 Å². The standard InChI is InChI=1S/C19H27N5S.HI/c1-14(16-7-5-4-6-8-16)24-10-9-17(13-24)23-19(20-3)22-12-18-11-21-15(2)25-18;/h4-8,11,14,17H,9-10,12-13H2,1-3H3,(H2,20,22,23);1H. The van der Waals surface area contributed by atoms with E-state index in [-0.39, 0.29) is 24.0 Å². The van der Waals surface area contributed by atoms with Crippen LogP contribution in [0.15, 0.2) is 41.5 Å². The van der Waals surface area contributed by atoms with E-state index in [9.17, 15) is 0 Å². The molecule has 0 aliphatic carbocycles. The fourth-order valence-electron chi connectivity index (χ4n) is 3.25. The first-order valence-electron chi connectivity index (χ1n) is 8.83. The Kier molecular flexibility index (Phi) is 8.30. The second-order valence-corrected chi connectivity index (χ2v) is 7.80. The van der Waals surface area contributed by atoms with Crippen molar-refractivity contribution in [3.05, 3.63) is 52.0 Å². The minimum absolute atomic E-state index is 0. The van der Waals surface area contributed by atoms with Crippen molar-refractivity contribution in [3.8, 4) is 0 Å². The van der Waals surface area contributed by atoms with Crippen molar-refractivity contribution in [2.75, 3.05) is 20.1 Å². The number of guanidine groups is 1. The highest BCUT2D eigenvalue weighted by atomic mass is 127. The number of hydrogen-bond acceptors (Lipinski definition) is 4. The molecule has 1 aromatic carbocycles. The number of hydrogen-bond donors (Lipinski definition) is 2. The lowest BCUT2D eigenvalue weighted by Crippen LogP contribution is -2.44. The normalized spacial score (nSPS) is 19.0. The Balaban J connectivity index is 0.00000243. The summed E-state index contributed by atoms with van der Waals surface area (Å²) in [5.41, 5.74) is 1.38. The van der Waals surface area contributed by atoms with Crippen LogP contribution in [0.1, 0.15) is 34.8 Å². The molecule has 0 radical (unpaired) electrons. The monoisotopic (exact) mass is 485 g/mol. The Hall–Kier alpha value is -1.19. The van der Waals surface area contributed by atoms with E-state index in [1.807, 2.05) is 20.2 Å². The first-order valence-corrected chi connectivity index (χ1v) is 9.65. The van der Waals surface area contributed by atoms with E-state index >= 15 is 0 Å². The molecule has 0 saturated carbocycles. The molecule has 3 rings (SSSR count). The molecule has 1 fully saturated rings. The van der Waals surface area contributed by atoms with Crippen LogP contribution in [0, 0.1) is 6.92 Å². The van der Waals surface area contributed by atoms with Gasteiger partial charge in [-0.1, -0.05) is 30.3 Å². The second-order valence-electron chi connectivity index (χ2n) is 6.48. The average Bonchev–Trinajstić information content (AvgIpc) is 3.27. The van der Waals surface area contributed by atoms with Gasteiger partial charge in [0.05, 0.1) is 11.6 Å². The zero-order valence-corrected chi connectivity index (χ0v) is 18.8. The van der Waals surface area contributed by atoms with Crippen molar-refractivity contribution in [2.45, 2.75) is 38.9 Å². The third-order valence-electron chi connectivity index (χ3n) is 4.71. The van der Waals surface area contributed by atoms with Gasteiger partial charge < -0.3 is 10.6 Å². The van der Waals surface area contributed by atoms with Gasteiger partial charge in [-0.3, -0.25) is 9.89 Å². The summed E-state index contributed by atoms with van der Waals surface area (Å²) >= 11 is 1.72. The zero-order valence-electron chi connectivity index (χ0n) is 15.6. The quantitative estimate of drug-likeness (QED) is 0.387. The Morgan fingerprint density at radius 1 is 1.38 bits per heavy atom. The first kappa shape index (κ1) is 21.1. The van der Waals surface area contributed by atoms with Gasteiger partial charge in [-0.2, -0.15) is 0 Å². The van der Waals surface area contributed by atoms with E-state index < -0.39 is 0 Å². The van der Waals surface area contributed by atoms with Crippen LogP contribution in [0.4, 0.5) is 0 Å². The van der Waals surface area contributed by atoms with E-state index in [0.717, 1.165) is 37.0 Å². The van der Waals surface area contributed by atoms with Gasteiger partial charge in [0, 0.05) is 43.3 Å². The largest absolute Gasteiger partial charge is 0.352 e. The molecule has 2 atom stereocenters. The van der Waals surface area contributed by atoms with E-state index in [1.54, 1.807) is 11.3 Å². The summed E-state index contributed by atoms with van der Waals surface area (Å²) in [4.78, 5) is 12.4. The summed E-state index contributed by atoms with van der Waals surface area (Å²) in [6.07, 6.45) is 3.07. The SMILES string of the molecule is CN=C(NCc1cnc(C)s1)NC1CCN(C(C)c2ccccc2)C1.I. The summed E-state index contributed by atoms with van der Waals surface area (Å²) < 4.78 is 0. The van der Waals surface area contributed by atoms with E-state index in [4.69, 9.17) is 0 Å². The van der Waals surface area contributed by atoms with Gasteiger partial charge in [0.2, 0.25) is 0 Å². The Morgan fingerprint density at radius 3 is 2.81 bits per heavy atom. The number of rotatable bonds is 5. The minimum atomic E-state index is 0. The van der Waals surface area contributed by atoms with Crippen LogP contribution in [0.2, 0.25) is 0 Å². The summed E-state index contributed by atoms with van der Waals surface area (Å²) in [6.45, 7) is 7.23. The van der Waals surface area contributed by atoms with Crippen molar-refractivity contribution in [1.82, 2.24) is 20.5 Å². The van der Waals surface area contributed by atoms with Crippen LogP contribution >= 0.6 is 35.3 Å². The predicted molar refractivity (Wildman–Crippen MR) is 120 cm³/mol. The molecule has 142 valence electrons. The molecule has 2 heterocycles. The number of benzene rings is 1. The van der Waals surface area contributed by atoms with Crippen LogP contribution in [0.3, 0.4) is 0 Å². The number of aliphatic imine (C=N–C) groups is 1. The molecule has 2 N–H and O–H groups in total. The molecule has 1 aliphatic rings. The molecule has 7 heteroatoms. The number of likely N-dealkylation sites (tertiary alicyclic amines) is 1. The number of nitrogens with zero attached hydrogens (tertiary/aromatic N) is 3. The Bertz CT molecular complexity index is 703. The second kappa shape index (κ2) is 10.2. The fourth-order valence-corrected chi connectivity index (χ4v) is 3.98. The number of thiazole rings is 1. The summed E-state index contributed by atoms with van der Waals surface area (Å²) in [5.74, 6) is 0.866. The molecule has 1 aromatic heterocycles. The van der Waals surface area contributed by atoms with Crippen LogP contribution in [-0.4, -0.2) is 42.0 Å². The third-order valence-corrected chi connectivity index (χ3v) is 5.63. The van der Waals surface area contributed by atoms with Gasteiger partial charge >= 0.3 is 0 Å². The number of halogens is 1. The topological polar surface area (TPSA) is 52.6 Å². The Morgan fingerprint density at radius 2 is 2.15 bits per heavy atom. The first-order chi connectivity index (χ1) is 12.2. The van der Waals surface area contributed by atoms with E-state index in [2.05, 4.69) is 62.8 Å². The molecular weight excluding hydrogens is 457 g/mol. The molecule has 1 aliphatic heterocycles. The molecule has 0 amide bonds. The van der Waals surface area contributed by atoms with Crippen LogP contribution in [-0.2, 0) is 6.54 Å². The molecule has 0 bridgehead atoms. The Labute approximate surface area is 177 Å².